The van der Waals surface area contributed by atoms with Crippen LogP contribution in [-0.4, -0.2) is 45.1 Å². The smallest absolute Gasteiger partial charge is 0.274 e. The van der Waals surface area contributed by atoms with Crippen LogP contribution in [0.4, 0.5) is 31.7 Å². The minimum Gasteiger partial charge on any atom is -0.362 e. The van der Waals surface area contributed by atoms with Gasteiger partial charge >= 0.3 is 0 Å². The molecule has 0 saturated heterocycles. The third-order valence-electron chi connectivity index (χ3n) is 8.52. The first-order valence-corrected chi connectivity index (χ1v) is 15.7. The average Bonchev–Trinajstić information content (AvgIpc) is 3.60. The van der Waals surface area contributed by atoms with E-state index in [0.717, 1.165) is 57.1 Å². The first-order valence-electron chi connectivity index (χ1n) is 14.9. The zero-order chi connectivity index (χ0) is 31.4. The van der Waals surface area contributed by atoms with Gasteiger partial charge < -0.3 is 30.0 Å². The molecule has 2 aliphatic rings. The number of unbranched alkanes of at least 4 members (excludes halogenated alkanes) is 1. The second kappa shape index (κ2) is 11.4. The monoisotopic (exact) mass is 630 g/mol. The van der Waals surface area contributed by atoms with Crippen LogP contribution in [0.25, 0.3) is 22.0 Å². The molecule has 0 fully saturated rings. The molecule has 0 aliphatic carbocycles. The summed E-state index contributed by atoms with van der Waals surface area (Å²) in [7, 11) is 1.69. The van der Waals surface area contributed by atoms with Gasteiger partial charge in [0.25, 0.3) is 5.56 Å². The van der Waals surface area contributed by atoms with E-state index in [4.69, 9.17) is 5.73 Å². The van der Waals surface area contributed by atoms with Gasteiger partial charge in [0, 0.05) is 66.9 Å². The molecule has 10 nitrogen and oxygen atoms in total. The number of hydrogen-bond donors (Lipinski definition) is 2. The quantitative estimate of drug-likeness (QED) is 0.240. The van der Waals surface area contributed by atoms with Gasteiger partial charge in [0.15, 0.2) is 11.6 Å². The Balaban J connectivity index is 1.47. The summed E-state index contributed by atoms with van der Waals surface area (Å²) < 4.78 is 31.0. The van der Waals surface area contributed by atoms with Gasteiger partial charge in [0.05, 0.1) is 47.1 Å². The van der Waals surface area contributed by atoms with Crippen LogP contribution in [-0.2, 0) is 24.9 Å². The molecule has 2 aliphatic heterocycles. The molecule has 3 N–H and O–H groups in total. The molecule has 4 aromatic heterocycles. The highest BCUT2D eigenvalue weighted by Crippen LogP contribution is 2.49. The number of benzene rings is 1. The number of carbonyl (C=O) groups excluding carboxylic acids is 1. The van der Waals surface area contributed by atoms with E-state index < -0.39 is 11.6 Å². The standard InChI is InChI=1S/C32H32F2N8O2S/c1-18-38-21(17-45-18)15-40-7-8-41(28(43)5-3-4-6-35)27-11-25-22(10-26(27)40)23-16-39(2)32(44)30-29(23)19(12-36-30)14-42(25)31-24(34)9-20(33)13-37-31/h9-13,16-17,36H,3-8,14-15,35H2,1-2H3. The summed E-state index contributed by atoms with van der Waals surface area (Å²) in [5.41, 5.74) is 11.3. The Bertz CT molecular complexity index is 2020. The van der Waals surface area contributed by atoms with Crippen LogP contribution >= 0.6 is 11.3 Å². The number of amides is 1. The van der Waals surface area contributed by atoms with Gasteiger partial charge in [-0.25, -0.2) is 18.7 Å². The summed E-state index contributed by atoms with van der Waals surface area (Å²) in [5.74, 6) is -1.68. The number of H-pyrrole nitrogens is 1. The Morgan fingerprint density at radius 1 is 1.11 bits per heavy atom. The Morgan fingerprint density at radius 3 is 2.71 bits per heavy atom. The Hall–Kier alpha value is -4.62. The molecule has 1 amide bonds. The highest BCUT2D eigenvalue weighted by Gasteiger charge is 2.33. The van der Waals surface area contributed by atoms with Crippen molar-refractivity contribution < 1.29 is 13.6 Å². The Labute approximate surface area is 261 Å². The molecule has 5 aromatic rings. The lowest BCUT2D eigenvalue weighted by molar-refractivity contribution is -0.118. The summed E-state index contributed by atoms with van der Waals surface area (Å²) in [5, 5.41) is 3.74. The lowest BCUT2D eigenvalue weighted by Crippen LogP contribution is -2.44. The van der Waals surface area contributed by atoms with Crippen LogP contribution in [0.3, 0.4) is 0 Å². The Kier molecular flexibility index (Phi) is 7.37. The second-order valence-corrected chi connectivity index (χ2v) is 12.6. The van der Waals surface area contributed by atoms with Crippen LogP contribution in [0.15, 0.2) is 47.0 Å². The predicted octanol–water partition coefficient (Wildman–Crippen LogP) is 5.11. The van der Waals surface area contributed by atoms with E-state index in [1.165, 1.54) is 4.57 Å². The second-order valence-electron chi connectivity index (χ2n) is 11.5. The van der Waals surface area contributed by atoms with E-state index in [1.54, 1.807) is 40.6 Å². The number of nitrogens with zero attached hydrogens (tertiary/aromatic N) is 6. The maximum absolute atomic E-state index is 15.5. The zero-order valence-electron chi connectivity index (χ0n) is 24.9. The van der Waals surface area contributed by atoms with E-state index in [1.807, 2.05) is 24.4 Å². The average molecular weight is 631 g/mol. The molecule has 0 atom stereocenters. The predicted molar refractivity (Wildman–Crippen MR) is 172 cm³/mol. The van der Waals surface area contributed by atoms with Crippen molar-refractivity contribution in [2.75, 3.05) is 34.3 Å². The van der Waals surface area contributed by atoms with Crippen LogP contribution in [0.2, 0.25) is 0 Å². The summed E-state index contributed by atoms with van der Waals surface area (Å²) in [6.07, 6.45) is 6.30. The van der Waals surface area contributed by atoms with Crippen molar-refractivity contribution in [3.05, 3.63) is 80.4 Å². The first-order chi connectivity index (χ1) is 21.7. The molecule has 0 spiro atoms. The minimum absolute atomic E-state index is 0.0175. The number of fused-ring (bicyclic) bond motifs is 3. The summed E-state index contributed by atoms with van der Waals surface area (Å²) >= 11 is 1.59. The summed E-state index contributed by atoms with van der Waals surface area (Å²) in [6, 6.07) is 4.73. The van der Waals surface area contributed by atoms with Crippen molar-refractivity contribution in [1.29, 1.82) is 0 Å². The highest BCUT2D eigenvalue weighted by atomic mass is 32.1. The van der Waals surface area contributed by atoms with E-state index >= 15 is 4.39 Å². The van der Waals surface area contributed by atoms with Crippen LogP contribution in [0, 0.1) is 18.6 Å². The van der Waals surface area contributed by atoms with Crippen molar-refractivity contribution in [1.82, 2.24) is 19.5 Å². The maximum atomic E-state index is 15.5. The number of aromatic amines is 1. The van der Waals surface area contributed by atoms with E-state index in [0.29, 0.717) is 55.9 Å². The first kappa shape index (κ1) is 29.1. The van der Waals surface area contributed by atoms with Crippen molar-refractivity contribution in [2.45, 2.75) is 39.3 Å². The Morgan fingerprint density at radius 2 is 1.96 bits per heavy atom. The number of hydrogen-bond acceptors (Lipinski definition) is 8. The van der Waals surface area contributed by atoms with Crippen molar-refractivity contribution in [3.63, 3.8) is 0 Å². The lowest BCUT2D eigenvalue weighted by atomic mass is 9.98. The van der Waals surface area contributed by atoms with Gasteiger partial charge in [-0.3, -0.25) is 9.59 Å². The molecular formula is C32H32F2N8O2S. The molecule has 6 heterocycles. The van der Waals surface area contributed by atoms with E-state index in [9.17, 15) is 14.0 Å². The number of halogens is 2. The molecule has 1 aromatic carbocycles. The molecule has 0 unspecified atom stereocenters. The number of aryl methyl sites for hydroxylation is 2. The molecule has 13 heteroatoms. The van der Waals surface area contributed by atoms with Crippen molar-refractivity contribution in [2.24, 2.45) is 12.8 Å². The summed E-state index contributed by atoms with van der Waals surface area (Å²) in [4.78, 5) is 44.5. The van der Waals surface area contributed by atoms with Crippen molar-refractivity contribution >= 4 is 51.0 Å². The fourth-order valence-electron chi connectivity index (χ4n) is 6.40. The number of anilines is 4. The number of aromatic nitrogens is 4. The van der Waals surface area contributed by atoms with Gasteiger partial charge in [-0.15, -0.1) is 11.3 Å². The van der Waals surface area contributed by atoms with Crippen LogP contribution in [0.1, 0.15) is 35.5 Å². The molecule has 232 valence electrons. The number of thiazole rings is 1. The molecule has 0 saturated carbocycles. The van der Waals surface area contributed by atoms with E-state index in [-0.39, 0.29) is 23.8 Å². The molecule has 7 rings (SSSR count). The van der Waals surface area contributed by atoms with Gasteiger partial charge in [0.1, 0.15) is 11.3 Å². The van der Waals surface area contributed by atoms with Gasteiger partial charge in [-0.2, -0.15) is 0 Å². The number of rotatable bonds is 7. The number of pyridine rings is 2. The fraction of sp³-hybridized carbons (Fsp3) is 0.312. The molecule has 45 heavy (non-hydrogen) atoms. The van der Waals surface area contributed by atoms with Crippen LogP contribution in [0.5, 0.6) is 0 Å². The highest BCUT2D eigenvalue weighted by molar-refractivity contribution is 7.09. The normalized spacial score (nSPS) is 14.1. The number of nitrogens with two attached hydrogens (primary N) is 1. The lowest BCUT2D eigenvalue weighted by Gasteiger charge is -2.39. The fourth-order valence-corrected chi connectivity index (χ4v) is 7.01. The molecule has 0 bridgehead atoms. The maximum Gasteiger partial charge on any atom is 0.274 e. The molecular weight excluding hydrogens is 598 g/mol. The van der Waals surface area contributed by atoms with Gasteiger partial charge in [-0.05, 0) is 44.0 Å². The van der Waals surface area contributed by atoms with Gasteiger partial charge in [-0.1, -0.05) is 0 Å². The van der Waals surface area contributed by atoms with Crippen molar-refractivity contribution in [3.8, 4) is 11.1 Å². The third kappa shape index (κ3) is 5.05. The topological polar surface area (TPSA) is 116 Å². The number of nitrogens with one attached hydrogen (secondary N) is 1. The minimum atomic E-state index is -0.818. The summed E-state index contributed by atoms with van der Waals surface area (Å²) in [6.45, 7) is 4.23. The van der Waals surface area contributed by atoms with Gasteiger partial charge in [0.2, 0.25) is 5.91 Å². The van der Waals surface area contributed by atoms with E-state index in [2.05, 4.69) is 19.9 Å². The number of carbonyl (C=O) groups is 1. The molecule has 0 radical (unpaired) electrons. The van der Waals surface area contributed by atoms with Crippen LogP contribution < -0.4 is 26.0 Å². The zero-order valence-corrected chi connectivity index (χ0v) is 25.8. The largest absolute Gasteiger partial charge is 0.362 e. The SMILES string of the molecule is Cc1nc(CN2CCN(C(=O)CCCCN)c3cc4c(cc32)-c2cn(C)c(=O)c3[nH]cc(c23)CN4c2ncc(F)cc2F)cs1. The third-order valence-corrected chi connectivity index (χ3v) is 9.35.